The minimum Gasteiger partial charge on any atom is -0.378 e. The number of rotatable bonds is 1. The van der Waals surface area contributed by atoms with Crippen LogP contribution in [0.3, 0.4) is 0 Å². The van der Waals surface area contributed by atoms with Gasteiger partial charge in [0.15, 0.2) is 0 Å². The normalized spacial score (nSPS) is 16.1. The first-order chi connectivity index (χ1) is 9.83. The van der Waals surface area contributed by atoms with E-state index >= 15 is 0 Å². The van der Waals surface area contributed by atoms with Crippen LogP contribution in [0.1, 0.15) is 5.56 Å². The van der Waals surface area contributed by atoms with Gasteiger partial charge < -0.3 is 14.6 Å². The predicted molar refractivity (Wildman–Crippen MR) is 83.6 cm³/mol. The molecule has 3 heteroatoms. The van der Waals surface area contributed by atoms with Crippen molar-refractivity contribution in [2.75, 3.05) is 31.2 Å². The van der Waals surface area contributed by atoms with Gasteiger partial charge in [-0.1, -0.05) is 18.2 Å². The lowest BCUT2D eigenvalue weighted by molar-refractivity contribution is 0.123. The highest BCUT2D eigenvalue weighted by molar-refractivity contribution is 6.11. The summed E-state index contributed by atoms with van der Waals surface area (Å²) in [5.41, 5.74) is 5.07. The van der Waals surface area contributed by atoms with Gasteiger partial charge in [-0.25, -0.2) is 0 Å². The minimum absolute atomic E-state index is 0.815. The molecule has 0 amide bonds. The van der Waals surface area contributed by atoms with Crippen LogP contribution in [0.5, 0.6) is 0 Å². The van der Waals surface area contributed by atoms with E-state index in [1.807, 2.05) is 0 Å². The topological polar surface area (TPSA) is 28.3 Å². The van der Waals surface area contributed by atoms with Crippen molar-refractivity contribution in [1.82, 2.24) is 4.98 Å². The fraction of sp³-hybridized carbons (Fsp3) is 0.294. The molecule has 0 bridgehead atoms. The third-order valence-corrected chi connectivity index (χ3v) is 4.09. The van der Waals surface area contributed by atoms with Gasteiger partial charge in [-0.2, -0.15) is 0 Å². The van der Waals surface area contributed by atoms with Crippen LogP contribution in [0.2, 0.25) is 0 Å². The van der Waals surface area contributed by atoms with Crippen molar-refractivity contribution >= 4 is 27.5 Å². The van der Waals surface area contributed by atoms with Gasteiger partial charge in [0.25, 0.3) is 0 Å². The number of morpholine rings is 1. The van der Waals surface area contributed by atoms with E-state index in [1.54, 1.807) is 0 Å². The number of anilines is 1. The molecule has 3 aromatic rings. The first kappa shape index (κ1) is 11.8. The van der Waals surface area contributed by atoms with Crippen molar-refractivity contribution < 1.29 is 4.74 Å². The van der Waals surface area contributed by atoms with E-state index in [2.05, 4.69) is 53.2 Å². The highest BCUT2D eigenvalue weighted by Gasteiger charge is 2.16. The Bertz CT molecular complexity index is 769. The first-order valence-corrected chi connectivity index (χ1v) is 7.17. The Morgan fingerprint density at radius 3 is 2.70 bits per heavy atom. The van der Waals surface area contributed by atoms with Crippen molar-refractivity contribution in [2.45, 2.75) is 6.92 Å². The Kier molecular flexibility index (Phi) is 2.67. The van der Waals surface area contributed by atoms with E-state index < -0.39 is 0 Å². The van der Waals surface area contributed by atoms with E-state index in [0.29, 0.717) is 0 Å². The smallest absolute Gasteiger partial charge is 0.0702 e. The second kappa shape index (κ2) is 4.53. The zero-order valence-corrected chi connectivity index (χ0v) is 11.6. The molecule has 1 fully saturated rings. The van der Waals surface area contributed by atoms with Crippen molar-refractivity contribution in [3.8, 4) is 0 Å². The van der Waals surface area contributed by atoms with E-state index in [0.717, 1.165) is 26.3 Å². The number of hydrogen-bond acceptors (Lipinski definition) is 2. The number of aromatic amines is 1. The summed E-state index contributed by atoms with van der Waals surface area (Å²) in [5, 5.41) is 2.63. The molecule has 0 saturated carbocycles. The van der Waals surface area contributed by atoms with Crippen LogP contribution < -0.4 is 4.90 Å². The zero-order chi connectivity index (χ0) is 13.5. The number of benzene rings is 2. The molecule has 1 aliphatic heterocycles. The molecule has 2 aromatic carbocycles. The molecule has 0 aliphatic carbocycles. The molecule has 1 N–H and O–H groups in total. The third kappa shape index (κ3) is 1.78. The number of ether oxygens (including phenoxy) is 1. The molecule has 4 rings (SSSR count). The lowest BCUT2D eigenvalue weighted by atomic mass is 10.1. The van der Waals surface area contributed by atoms with Crippen molar-refractivity contribution in [2.24, 2.45) is 0 Å². The van der Waals surface area contributed by atoms with Gasteiger partial charge in [0.2, 0.25) is 0 Å². The summed E-state index contributed by atoms with van der Waals surface area (Å²) < 4.78 is 5.47. The molecular weight excluding hydrogens is 248 g/mol. The fourth-order valence-electron chi connectivity index (χ4n) is 3.13. The van der Waals surface area contributed by atoms with Crippen LogP contribution >= 0.6 is 0 Å². The maximum Gasteiger partial charge on any atom is 0.0702 e. The Hall–Kier alpha value is -2.00. The molecule has 3 nitrogen and oxygen atoms in total. The highest BCUT2D eigenvalue weighted by Crippen LogP contribution is 2.33. The first-order valence-electron chi connectivity index (χ1n) is 7.17. The molecule has 0 unspecified atom stereocenters. The van der Waals surface area contributed by atoms with Crippen LogP contribution in [-0.2, 0) is 4.74 Å². The third-order valence-electron chi connectivity index (χ3n) is 4.09. The van der Waals surface area contributed by atoms with Gasteiger partial charge in [0.1, 0.15) is 0 Å². The average molecular weight is 266 g/mol. The Balaban J connectivity index is 1.99. The molecule has 0 radical (unpaired) electrons. The summed E-state index contributed by atoms with van der Waals surface area (Å²) in [6, 6.07) is 13.1. The van der Waals surface area contributed by atoms with Crippen LogP contribution in [0.4, 0.5) is 5.69 Å². The maximum atomic E-state index is 5.47. The average Bonchev–Trinajstić information content (AvgIpc) is 2.86. The molecule has 0 atom stereocenters. The van der Waals surface area contributed by atoms with E-state index in [4.69, 9.17) is 4.74 Å². The van der Waals surface area contributed by atoms with Gasteiger partial charge in [0.05, 0.1) is 24.4 Å². The summed E-state index contributed by atoms with van der Waals surface area (Å²) in [6.07, 6.45) is 0. The summed E-state index contributed by atoms with van der Waals surface area (Å²) in [6.45, 7) is 5.73. The van der Waals surface area contributed by atoms with E-state index in [9.17, 15) is 0 Å². The van der Waals surface area contributed by atoms with Crippen LogP contribution in [0.25, 0.3) is 21.8 Å². The lowest BCUT2D eigenvalue weighted by Crippen LogP contribution is -2.36. The van der Waals surface area contributed by atoms with Crippen molar-refractivity contribution in [3.05, 3.63) is 42.0 Å². The number of fused-ring (bicyclic) bond motifs is 3. The lowest BCUT2D eigenvalue weighted by Gasteiger charge is -2.29. The second-order valence-corrected chi connectivity index (χ2v) is 5.48. The zero-order valence-electron chi connectivity index (χ0n) is 11.6. The van der Waals surface area contributed by atoms with Gasteiger partial charge in [-0.3, -0.25) is 0 Å². The van der Waals surface area contributed by atoms with Crippen molar-refractivity contribution in [3.63, 3.8) is 0 Å². The number of nitrogens with zero attached hydrogens (tertiary/aromatic N) is 1. The van der Waals surface area contributed by atoms with Gasteiger partial charge >= 0.3 is 0 Å². The van der Waals surface area contributed by atoms with E-state index in [-0.39, 0.29) is 0 Å². The van der Waals surface area contributed by atoms with Gasteiger partial charge in [0, 0.05) is 29.4 Å². The quantitative estimate of drug-likeness (QED) is 0.730. The molecule has 1 aliphatic rings. The van der Waals surface area contributed by atoms with Gasteiger partial charge in [-0.15, -0.1) is 0 Å². The molecular formula is C17H18N2O. The SMILES string of the molecule is Cc1cc(N2CCOCC2)c2[nH]c3ccccc3c2c1. The number of hydrogen-bond donors (Lipinski definition) is 1. The maximum absolute atomic E-state index is 5.47. The molecule has 0 spiro atoms. The van der Waals surface area contributed by atoms with E-state index in [1.165, 1.54) is 33.1 Å². The molecule has 102 valence electrons. The number of para-hydroxylation sites is 1. The fourth-order valence-corrected chi connectivity index (χ4v) is 3.13. The van der Waals surface area contributed by atoms with Crippen molar-refractivity contribution in [1.29, 1.82) is 0 Å². The Labute approximate surface area is 118 Å². The van der Waals surface area contributed by atoms with Crippen LogP contribution in [-0.4, -0.2) is 31.3 Å². The molecule has 20 heavy (non-hydrogen) atoms. The number of nitrogens with one attached hydrogen (secondary N) is 1. The summed E-state index contributed by atoms with van der Waals surface area (Å²) in [4.78, 5) is 6.01. The highest BCUT2D eigenvalue weighted by atomic mass is 16.5. The number of aromatic nitrogens is 1. The Morgan fingerprint density at radius 2 is 1.85 bits per heavy atom. The summed E-state index contributed by atoms with van der Waals surface area (Å²) in [5.74, 6) is 0. The largest absolute Gasteiger partial charge is 0.378 e. The summed E-state index contributed by atoms with van der Waals surface area (Å²) >= 11 is 0. The Morgan fingerprint density at radius 1 is 1.05 bits per heavy atom. The van der Waals surface area contributed by atoms with Gasteiger partial charge in [-0.05, 0) is 30.7 Å². The molecule has 1 aromatic heterocycles. The molecule has 1 saturated heterocycles. The monoisotopic (exact) mass is 266 g/mol. The summed E-state index contributed by atoms with van der Waals surface area (Å²) in [7, 11) is 0. The molecule has 2 heterocycles. The second-order valence-electron chi connectivity index (χ2n) is 5.48. The number of H-pyrrole nitrogens is 1. The number of aryl methyl sites for hydroxylation is 1. The predicted octanol–water partition coefficient (Wildman–Crippen LogP) is 3.47. The standard InChI is InChI=1S/C17H18N2O/c1-12-10-14-13-4-2-3-5-15(13)18-17(14)16(11-12)19-6-8-20-9-7-19/h2-5,10-11,18H,6-9H2,1H3. The minimum atomic E-state index is 0.815. The van der Waals surface area contributed by atoms with Crippen LogP contribution in [0, 0.1) is 6.92 Å². The van der Waals surface area contributed by atoms with Crippen LogP contribution in [0.15, 0.2) is 36.4 Å².